The molecule has 1 aromatic heterocycles. The Hall–Kier alpha value is -2.57. The number of fused-ring (bicyclic) bond motifs is 1. The highest BCUT2D eigenvalue weighted by molar-refractivity contribution is 7.89. The zero-order valence-electron chi connectivity index (χ0n) is 16.8. The number of ether oxygens (including phenoxy) is 3. The average molecular weight is 489 g/mol. The third-order valence-electron chi connectivity index (χ3n) is 4.94. The molecule has 0 bridgehead atoms. The van der Waals surface area contributed by atoms with E-state index >= 15 is 0 Å². The molecule has 32 heavy (non-hydrogen) atoms. The van der Waals surface area contributed by atoms with E-state index in [0.717, 1.165) is 40.2 Å². The van der Waals surface area contributed by atoms with Crippen LogP contribution in [0.15, 0.2) is 47.4 Å². The molecular formula is C20H19F3N2O5S2. The second-order valence-electron chi connectivity index (χ2n) is 7.05. The fourth-order valence-corrected chi connectivity index (χ4v) is 5.74. The Morgan fingerprint density at radius 1 is 1.06 bits per heavy atom. The summed E-state index contributed by atoms with van der Waals surface area (Å²) in [4.78, 5) is 4.36. The maximum absolute atomic E-state index is 12.8. The van der Waals surface area contributed by atoms with Crippen LogP contribution in [0.3, 0.4) is 0 Å². The van der Waals surface area contributed by atoms with Crippen LogP contribution in [0.5, 0.6) is 16.7 Å². The number of aromatic nitrogens is 1. The van der Waals surface area contributed by atoms with E-state index in [1.165, 1.54) is 15.6 Å². The predicted octanol–water partition coefficient (Wildman–Crippen LogP) is 4.44. The molecule has 1 aliphatic heterocycles. The van der Waals surface area contributed by atoms with E-state index in [0.29, 0.717) is 18.0 Å². The number of alkyl halides is 3. The number of sulfonamides is 1. The van der Waals surface area contributed by atoms with Crippen molar-refractivity contribution in [2.45, 2.75) is 30.2 Å². The van der Waals surface area contributed by atoms with Crippen molar-refractivity contribution in [3.63, 3.8) is 0 Å². The van der Waals surface area contributed by atoms with Crippen LogP contribution in [-0.2, 0) is 10.0 Å². The van der Waals surface area contributed by atoms with Crippen molar-refractivity contribution in [3.8, 4) is 16.7 Å². The molecule has 1 fully saturated rings. The number of hydrogen-bond acceptors (Lipinski definition) is 7. The lowest BCUT2D eigenvalue weighted by Crippen LogP contribution is -2.41. The first-order valence-corrected chi connectivity index (χ1v) is 11.9. The molecule has 0 aliphatic carbocycles. The highest BCUT2D eigenvalue weighted by Gasteiger charge is 2.33. The number of nitrogens with zero attached hydrogens (tertiary/aromatic N) is 2. The standard InChI is InChI=1S/C20H19F3N2O5S2/c1-28-15-4-7-17-18(12-15)31-19(24-17)29-13-8-10-25(11-9-13)32(26,27)16-5-2-14(3-6-16)30-20(21,22)23/h2-7,12-13H,8-11H2,1H3. The molecule has 1 saturated heterocycles. The van der Waals surface area contributed by atoms with Crippen molar-refractivity contribution in [2.75, 3.05) is 20.2 Å². The van der Waals surface area contributed by atoms with Crippen molar-refractivity contribution >= 4 is 31.6 Å². The number of halogens is 3. The molecule has 12 heteroatoms. The highest BCUT2D eigenvalue weighted by atomic mass is 32.2. The molecule has 0 radical (unpaired) electrons. The van der Waals surface area contributed by atoms with E-state index in [4.69, 9.17) is 9.47 Å². The Morgan fingerprint density at radius 2 is 1.72 bits per heavy atom. The number of thiazole rings is 1. The normalized spacial score (nSPS) is 16.2. The quantitative estimate of drug-likeness (QED) is 0.511. The first-order chi connectivity index (χ1) is 15.1. The van der Waals surface area contributed by atoms with E-state index in [1.54, 1.807) is 7.11 Å². The van der Waals surface area contributed by atoms with Gasteiger partial charge in [0, 0.05) is 13.1 Å². The summed E-state index contributed by atoms with van der Waals surface area (Å²) in [7, 11) is -2.24. The van der Waals surface area contributed by atoms with Gasteiger partial charge in [-0.3, -0.25) is 0 Å². The first-order valence-electron chi connectivity index (χ1n) is 9.61. The molecule has 2 aromatic carbocycles. The van der Waals surface area contributed by atoms with E-state index in [1.807, 2.05) is 18.2 Å². The van der Waals surface area contributed by atoms with Gasteiger partial charge < -0.3 is 14.2 Å². The van der Waals surface area contributed by atoms with Gasteiger partial charge in [-0.15, -0.1) is 13.2 Å². The molecule has 0 spiro atoms. The van der Waals surface area contributed by atoms with Crippen LogP contribution in [0.4, 0.5) is 13.2 Å². The van der Waals surface area contributed by atoms with Crippen LogP contribution in [0.2, 0.25) is 0 Å². The minimum atomic E-state index is -4.84. The monoisotopic (exact) mass is 488 g/mol. The summed E-state index contributed by atoms with van der Waals surface area (Å²) in [6.07, 6.45) is -4.09. The summed E-state index contributed by atoms with van der Waals surface area (Å²) in [5.41, 5.74) is 0.795. The third-order valence-corrected chi connectivity index (χ3v) is 7.76. The fourth-order valence-electron chi connectivity index (χ4n) is 3.36. The Kier molecular flexibility index (Phi) is 6.19. The van der Waals surface area contributed by atoms with Gasteiger partial charge in [0.05, 0.1) is 22.2 Å². The minimum Gasteiger partial charge on any atom is -0.497 e. The summed E-state index contributed by atoms with van der Waals surface area (Å²) < 4.78 is 79.7. The molecule has 7 nitrogen and oxygen atoms in total. The molecule has 4 rings (SSSR count). The molecule has 0 amide bonds. The summed E-state index contributed by atoms with van der Waals surface area (Å²) >= 11 is 1.39. The third kappa shape index (κ3) is 5.08. The van der Waals surface area contributed by atoms with Gasteiger partial charge >= 0.3 is 6.36 Å². The van der Waals surface area contributed by atoms with E-state index in [2.05, 4.69) is 9.72 Å². The maximum atomic E-state index is 12.8. The first kappa shape index (κ1) is 22.6. The number of methoxy groups -OCH3 is 1. The molecule has 0 unspecified atom stereocenters. The van der Waals surface area contributed by atoms with Gasteiger partial charge in [-0.1, -0.05) is 11.3 Å². The molecule has 2 heterocycles. The van der Waals surface area contributed by atoms with E-state index in [-0.39, 0.29) is 24.1 Å². The zero-order valence-corrected chi connectivity index (χ0v) is 18.5. The van der Waals surface area contributed by atoms with Gasteiger partial charge in [-0.05, 0) is 55.3 Å². The molecule has 1 aliphatic rings. The van der Waals surface area contributed by atoms with Crippen molar-refractivity contribution in [3.05, 3.63) is 42.5 Å². The lowest BCUT2D eigenvalue weighted by Gasteiger charge is -2.30. The van der Waals surface area contributed by atoms with Gasteiger partial charge in [0.15, 0.2) is 0 Å². The maximum Gasteiger partial charge on any atom is 0.573 e. The number of benzene rings is 2. The van der Waals surface area contributed by atoms with Crippen LogP contribution in [0, 0.1) is 0 Å². The smallest absolute Gasteiger partial charge is 0.497 e. The number of hydrogen-bond donors (Lipinski definition) is 0. The van der Waals surface area contributed by atoms with Gasteiger partial charge in [0.2, 0.25) is 10.0 Å². The predicted molar refractivity (Wildman–Crippen MR) is 112 cm³/mol. The number of piperidine rings is 1. The summed E-state index contributed by atoms with van der Waals surface area (Å²) in [5.74, 6) is 0.251. The van der Waals surface area contributed by atoms with Crippen LogP contribution >= 0.6 is 11.3 Å². The molecule has 0 atom stereocenters. The van der Waals surface area contributed by atoms with Gasteiger partial charge in [-0.2, -0.15) is 4.31 Å². The Bertz CT molecular complexity index is 1190. The van der Waals surface area contributed by atoms with Gasteiger partial charge in [-0.25, -0.2) is 13.4 Å². The minimum absolute atomic E-state index is 0.0912. The largest absolute Gasteiger partial charge is 0.573 e. The Labute approximate surface area is 186 Å². The van der Waals surface area contributed by atoms with Crippen molar-refractivity contribution < 1.29 is 35.8 Å². The van der Waals surface area contributed by atoms with Crippen molar-refractivity contribution in [2.24, 2.45) is 0 Å². The summed E-state index contributed by atoms with van der Waals surface area (Å²) in [5, 5.41) is 0.509. The second-order valence-corrected chi connectivity index (χ2v) is 9.99. The summed E-state index contributed by atoms with van der Waals surface area (Å²) in [6, 6.07) is 9.72. The Balaban J connectivity index is 1.37. The molecule has 3 aromatic rings. The second kappa shape index (κ2) is 8.75. The molecule has 172 valence electrons. The zero-order chi connectivity index (χ0) is 22.9. The van der Waals surface area contributed by atoms with E-state index in [9.17, 15) is 21.6 Å². The SMILES string of the molecule is COc1ccc2nc(OC3CCN(S(=O)(=O)c4ccc(OC(F)(F)F)cc4)CC3)sc2c1. The average Bonchev–Trinajstić information content (AvgIpc) is 3.14. The summed E-state index contributed by atoms with van der Waals surface area (Å²) in [6.45, 7) is 0.457. The topological polar surface area (TPSA) is 78.0 Å². The number of rotatable bonds is 6. The van der Waals surface area contributed by atoms with Crippen LogP contribution in [-0.4, -0.2) is 50.4 Å². The van der Waals surface area contributed by atoms with Crippen LogP contribution < -0.4 is 14.2 Å². The lowest BCUT2D eigenvalue weighted by atomic mass is 10.1. The van der Waals surface area contributed by atoms with Crippen LogP contribution in [0.1, 0.15) is 12.8 Å². The van der Waals surface area contributed by atoms with Crippen LogP contribution in [0.25, 0.3) is 10.2 Å². The molecular weight excluding hydrogens is 469 g/mol. The highest BCUT2D eigenvalue weighted by Crippen LogP contribution is 2.33. The lowest BCUT2D eigenvalue weighted by molar-refractivity contribution is -0.274. The van der Waals surface area contributed by atoms with Crippen molar-refractivity contribution in [1.82, 2.24) is 9.29 Å². The van der Waals surface area contributed by atoms with Gasteiger partial charge in [0.25, 0.3) is 5.19 Å². The van der Waals surface area contributed by atoms with Crippen molar-refractivity contribution in [1.29, 1.82) is 0 Å². The van der Waals surface area contributed by atoms with Gasteiger partial charge in [0.1, 0.15) is 17.6 Å². The Morgan fingerprint density at radius 3 is 2.34 bits per heavy atom. The molecule has 0 N–H and O–H groups in total. The fraction of sp³-hybridized carbons (Fsp3) is 0.350. The molecule has 0 saturated carbocycles. The van der Waals surface area contributed by atoms with E-state index < -0.39 is 22.1 Å².